The Morgan fingerprint density at radius 3 is 2.80 bits per heavy atom. The number of hydrogen-bond acceptors (Lipinski definition) is 4. The molecule has 0 saturated carbocycles. The lowest BCUT2D eigenvalue weighted by Gasteiger charge is -2.31. The van der Waals surface area contributed by atoms with E-state index < -0.39 is 5.97 Å². The molecule has 0 spiro atoms. The highest BCUT2D eigenvalue weighted by Gasteiger charge is 2.25. The maximum Gasteiger partial charge on any atom is 0.339 e. The number of amides is 1. The van der Waals surface area contributed by atoms with E-state index in [2.05, 4.69) is 10.3 Å². The highest BCUT2D eigenvalue weighted by molar-refractivity contribution is 5.95. The Labute approximate surface area is 117 Å². The summed E-state index contributed by atoms with van der Waals surface area (Å²) < 4.78 is 0. The van der Waals surface area contributed by atoms with Gasteiger partial charge in [-0.05, 0) is 31.9 Å². The molecule has 1 fully saturated rings. The van der Waals surface area contributed by atoms with Crippen molar-refractivity contribution in [3.8, 4) is 0 Å². The van der Waals surface area contributed by atoms with Gasteiger partial charge in [-0.25, -0.2) is 9.78 Å². The summed E-state index contributed by atoms with van der Waals surface area (Å²) >= 11 is 0. The Bertz CT molecular complexity index is 557. The Kier molecular flexibility index (Phi) is 3.92. The number of likely N-dealkylation sites (N-methyl/N-ethyl adjacent to an activating group) is 1. The van der Waals surface area contributed by atoms with Crippen LogP contribution in [-0.2, 0) is 4.79 Å². The van der Waals surface area contributed by atoms with E-state index in [1.165, 1.54) is 0 Å². The van der Waals surface area contributed by atoms with Crippen molar-refractivity contribution in [2.24, 2.45) is 0 Å². The Hall–Kier alpha value is -2.11. The number of aromatic nitrogens is 1. The molecule has 0 bridgehead atoms. The van der Waals surface area contributed by atoms with Gasteiger partial charge in [0.15, 0.2) is 0 Å². The number of carbonyl (C=O) groups is 2. The summed E-state index contributed by atoms with van der Waals surface area (Å²) in [6.07, 6.45) is 1.16. The van der Waals surface area contributed by atoms with Gasteiger partial charge in [-0.15, -0.1) is 0 Å². The van der Waals surface area contributed by atoms with Gasteiger partial charge >= 0.3 is 5.97 Å². The Morgan fingerprint density at radius 2 is 2.20 bits per heavy atom. The molecule has 0 aromatic carbocycles. The van der Waals surface area contributed by atoms with Crippen molar-refractivity contribution in [3.05, 3.63) is 22.9 Å². The first-order valence-corrected chi connectivity index (χ1v) is 6.60. The molecule has 2 N–H and O–H groups in total. The number of carbonyl (C=O) groups excluding carboxylic acids is 1. The van der Waals surface area contributed by atoms with Crippen LogP contribution >= 0.6 is 0 Å². The van der Waals surface area contributed by atoms with Gasteiger partial charge in [-0.1, -0.05) is 0 Å². The average molecular weight is 277 g/mol. The van der Waals surface area contributed by atoms with Crippen LogP contribution in [0.2, 0.25) is 0 Å². The number of pyridine rings is 1. The van der Waals surface area contributed by atoms with Gasteiger partial charge in [-0.3, -0.25) is 4.79 Å². The van der Waals surface area contributed by atoms with Crippen LogP contribution in [0.1, 0.15) is 34.5 Å². The summed E-state index contributed by atoms with van der Waals surface area (Å²) in [6.45, 7) is 4.16. The molecular weight excluding hydrogens is 258 g/mol. The van der Waals surface area contributed by atoms with E-state index in [1.54, 1.807) is 24.9 Å². The highest BCUT2D eigenvalue weighted by atomic mass is 16.4. The minimum Gasteiger partial charge on any atom is -0.478 e. The van der Waals surface area contributed by atoms with Crippen LogP contribution in [0.15, 0.2) is 6.07 Å². The fraction of sp³-hybridized carbons (Fsp3) is 0.500. The van der Waals surface area contributed by atoms with Crippen LogP contribution in [0.5, 0.6) is 0 Å². The predicted octanol–water partition coefficient (Wildman–Crippen LogP) is 1.43. The fourth-order valence-electron chi connectivity index (χ4n) is 2.53. The van der Waals surface area contributed by atoms with Gasteiger partial charge in [0.05, 0.1) is 0 Å². The molecule has 1 amide bonds. The molecule has 6 nitrogen and oxygen atoms in total. The molecule has 0 radical (unpaired) electrons. The van der Waals surface area contributed by atoms with Crippen molar-refractivity contribution in [1.29, 1.82) is 0 Å². The van der Waals surface area contributed by atoms with Crippen LogP contribution in [0.3, 0.4) is 0 Å². The number of hydrogen-bond donors (Lipinski definition) is 2. The summed E-state index contributed by atoms with van der Waals surface area (Å²) in [6, 6.07) is 1.79. The first-order valence-electron chi connectivity index (χ1n) is 6.60. The van der Waals surface area contributed by atoms with Crippen molar-refractivity contribution >= 4 is 17.7 Å². The molecule has 20 heavy (non-hydrogen) atoms. The number of piperidine rings is 1. The van der Waals surface area contributed by atoms with E-state index >= 15 is 0 Å². The maximum absolute atomic E-state index is 11.5. The van der Waals surface area contributed by atoms with Crippen LogP contribution < -0.4 is 5.32 Å². The molecule has 2 rings (SSSR count). The van der Waals surface area contributed by atoms with Crippen molar-refractivity contribution < 1.29 is 14.7 Å². The molecule has 1 aromatic heterocycles. The first kappa shape index (κ1) is 14.3. The van der Waals surface area contributed by atoms with Crippen LogP contribution in [-0.4, -0.2) is 46.5 Å². The van der Waals surface area contributed by atoms with E-state index in [4.69, 9.17) is 0 Å². The van der Waals surface area contributed by atoms with Gasteiger partial charge in [-0.2, -0.15) is 0 Å². The zero-order valence-corrected chi connectivity index (χ0v) is 11.9. The fourth-order valence-corrected chi connectivity index (χ4v) is 2.53. The topological polar surface area (TPSA) is 82.5 Å². The van der Waals surface area contributed by atoms with Gasteiger partial charge in [0.1, 0.15) is 11.4 Å². The number of nitrogens with zero attached hydrogens (tertiary/aromatic N) is 2. The van der Waals surface area contributed by atoms with Gasteiger partial charge in [0.2, 0.25) is 5.91 Å². The lowest BCUT2D eigenvalue weighted by molar-refractivity contribution is -0.132. The smallest absolute Gasteiger partial charge is 0.339 e. The molecule has 2 heterocycles. The van der Waals surface area contributed by atoms with Gasteiger partial charge < -0.3 is 15.3 Å². The Morgan fingerprint density at radius 1 is 1.50 bits per heavy atom. The molecule has 0 aliphatic carbocycles. The van der Waals surface area contributed by atoms with E-state index in [0.717, 1.165) is 5.69 Å². The second-order valence-electron chi connectivity index (χ2n) is 5.26. The number of rotatable bonds is 3. The lowest BCUT2D eigenvalue weighted by Crippen LogP contribution is -2.43. The van der Waals surface area contributed by atoms with Gasteiger partial charge in [0.25, 0.3) is 0 Å². The van der Waals surface area contributed by atoms with E-state index in [-0.39, 0.29) is 17.5 Å². The molecule has 6 heteroatoms. The number of likely N-dealkylation sites (tertiary alicyclic amines) is 1. The lowest BCUT2D eigenvalue weighted by atomic mass is 10.0. The number of nitrogens with one attached hydrogen (secondary N) is 1. The van der Waals surface area contributed by atoms with Crippen molar-refractivity contribution in [3.63, 3.8) is 0 Å². The molecule has 1 unspecified atom stereocenters. The molecular formula is C14H19N3O3. The zero-order valence-electron chi connectivity index (χ0n) is 11.9. The number of carboxylic acids is 1. The van der Waals surface area contributed by atoms with Crippen LogP contribution in [0, 0.1) is 13.8 Å². The summed E-state index contributed by atoms with van der Waals surface area (Å²) in [5, 5.41) is 12.5. The number of aromatic carboxylic acids is 1. The summed E-state index contributed by atoms with van der Waals surface area (Å²) in [5.41, 5.74) is 1.66. The SMILES string of the molecule is Cc1cc(C)c(C(=O)O)c(NC2CCC(=O)N(C)C2)n1. The molecule has 108 valence electrons. The third kappa shape index (κ3) is 2.89. The number of carboxylic acid groups (broad SMARTS) is 1. The summed E-state index contributed by atoms with van der Waals surface area (Å²) in [4.78, 5) is 28.8. The molecule has 1 atom stereocenters. The standard InChI is InChI=1S/C14H19N3O3/c1-8-6-9(2)15-13(12(8)14(19)20)16-10-4-5-11(18)17(3)7-10/h6,10H,4-5,7H2,1-3H3,(H,15,16)(H,19,20). The van der Waals surface area contributed by atoms with E-state index in [9.17, 15) is 14.7 Å². The second kappa shape index (κ2) is 5.48. The van der Waals surface area contributed by atoms with Crippen LogP contribution in [0.4, 0.5) is 5.82 Å². The van der Waals surface area contributed by atoms with E-state index in [0.29, 0.717) is 30.8 Å². The average Bonchev–Trinajstić information content (AvgIpc) is 2.32. The van der Waals surface area contributed by atoms with Crippen LogP contribution in [0.25, 0.3) is 0 Å². The number of aryl methyl sites for hydroxylation is 2. The second-order valence-corrected chi connectivity index (χ2v) is 5.26. The molecule has 1 aliphatic rings. The monoisotopic (exact) mass is 277 g/mol. The van der Waals surface area contributed by atoms with Crippen molar-refractivity contribution in [2.45, 2.75) is 32.7 Å². The quantitative estimate of drug-likeness (QED) is 0.873. The molecule has 1 saturated heterocycles. The summed E-state index contributed by atoms with van der Waals surface area (Å²) in [7, 11) is 1.75. The minimum atomic E-state index is -0.988. The molecule has 1 aliphatic heterocycles. The number of anilines is 1. The summed E-state index contributed by atoms with van der Waals surface area (Å²) in [5.74, 6) is -0.477. The van der Waals surface area contributed by atoms with E-state index in [1.807, 2.05) is 6.92 Å². The van der Waals surface area contributed by atoms with Crippen molar-refractivity contribution in [1.82, 2.24) is 9.88 Å². The highest BCUT2D eigenvalue weighted by Crippen LogP contribution is 2.22. The third-order valence-electron chi connectivity index (χ3n) is 3.53. The maximum atomic E-state index is 11.5. The zero-order chi connectivity index (χ0) is 14.9. The first-order chi connectivity index (χ1) is 9.38. The normalized spacial score (nSPS) is 19.1. The predicted molar refractivity (Wildman–Crippen MR) is 75.0 cm³/mol. The largest absolute Gasteiger partial charge is 0.478 e. The Balaban J connectivity index is 2.25. The third-order valence-corrected chi connectivity index (χ3v) is 3.53. The minimum absolute atomic E-state index is 0.0319. The van der Waals surface area contributed by atoms with Gasteiger partial charge in [0, 0.05) is 31.7 Å². The van der Waals surface area contributed by atoms with Crippen molar-refractivity contribution in [2.75, 3.05) is 18.9 Å². The molecule has 1 aromatic rings.